The maximum Gasteiger partial charge on any atom is 0.346 e. The standard InChI is InChI=1S/C12H13BrN2O2/c1-4-9-8(13)5-7(6-14-9)10-12(2,3)11(16)17-15-10/h5-6H,4H2,1-3H3. The normalized spacial score (nSPS) is 17.9. The van der Waals surface area contributed by atoms with Crippen molar-refractivity contribution in [3.05, 3.63) is 28.0 Å². The van der Waals surface area contributed by atoms with Gasteiger partial charge in [-0.1, -0.05) is 12.1 Å². The largest absolute Gasteiger partial charge is 0.346 e. The van der Waals surface area contributed by atoms with Crippen LogP contribution in [-0.2, 0) is 16.1 Å². The molecule has 4 nitrogen and oxygen atoms in total. The van der Waals surface area contributed by atoms with Gasteiger partial charge in [-0.05, 0) is 42.3 Å². The zero-order valence-electron chi connectivity index (χ0n) is 9.95. The van der Waals surface area contributed by atoms with Crippen molar-refractivity contribution in [2.24, 2.45) is 10.6 Å². The first-order valence-electron chi connectivity index (χ1n) is 5.41. The molecule has 0 unspecified atom stereocenters. The Hall–Kier alpha value is -1.23. The Balaban J connectivity index is 2.43. The smallest absolute Gasteiger partial charge is 0.317 e. The van der Waals surface area contributed by atoms with E-state index in [9.17, 15) is 4.79 Å². The minimum absolute atomic E-state index is 0.330. The molecule has 0 amide bonds. The Kier molecular flexibility index (Phi) is 3.03. The number of aryl methyl sites for hydroxylation is 1. The lowest BCUT2D eigenvalue weighted by molar-refractivity contribution is -0.146. The van der Waals surface area contributed by atoms with Crippen LogP contribution in [0.2, 0.25) is 0 Å². The van der Waals surface area contributed by atoms with Gasteiger partial charge in [-0.25, -0.2) is 4.79 Å². The molecular weight excluding hydrogens is 284 g/mol. The van der Waals surface area contributed by atoms with Gasteiger partial charge in [0.2, 0.25) is 0 Å². The Morgan fingerprint density at radius 1 is 1.47 bits per heavy atom. The van der Waals surface area contributed by atoms with Gasteiger partial charge in [0.1, 0.15) is 11.1 Å². The highest BCUT2D eigenvalue weighted by Gasteiger charge is 2.42. The first kappa shape index (κ1) is 12.2. The molecule has 2 heterocycles. The molecule has 5 heteroatoms. The number of carbonyl (C=O) groups is 1. The highest BCUT2D eigenvalue weighted by Crippen LogP contribution is 2.31. The fourth-order valence-corrected chi connectivity index (χ4v) is 2.31. The molecule has 0 radical (unpaired) electrons. The molecule has 17 heavy (non-hydrogen) atoms. The Labute approximate surface area is 108 Å². The van der Waals surface area contributed by atoms with Gasteiger partial charge in [0.15, 0.2) is 0 Å². The second-order valence-electron chi connectivity index (χ2n) is 4.45. The van der Waals surface area contributed by atoms with Crippen LogP contribution < -0.4 is 0 Å². The molecule has 0 N–H and O–H groups in total. The van der Waals surface area contributed by atoms with Crippen molar-refractivity contribution >= 4 is 27.6 Å². The van der Waals surface area contributed by atoms with Gasteiger partial charge < -0.3 is 4.84 Å². The molecule has 90 valence electrons. The van der Waals surface area contributed by atoms with Crippen molar-refractivity contribution < 1.29 is 9.63 Å². The van der Waals surface area contributed by atoms with E-state index in [-0.39, 0.29) is 5.97 Å². The van der Waals surface area contributed by atoms with Crippen LogP contribution in [0.5, 0.6) is 0 Å². The highest BCUT2D eigenvalue weighted by molar-refractivity contribution is 9.10. The van der Waals surface area contributed by atoms with Gasteiger partial charge in [-0.2, -0.15) is 0 Å². The van der Waals surface area contributed by atoms with Gasteiger partial charge in [-0.15, -0.1) is 0 Å². The van der Waals surface area contributed by atoms with Crippen LogP contribution in [0.3, 0.4) is 0 Å². The minimum atomic E-state index is -0.713. The van der Waals surface area contributed by atoms with Crippen LogP contribution >= 0.6 is 15.9 Å². The zero-order chi connectivity index (χ0) is 12.6. The molecule has 2 rings (SSSR count). The summed E-state index contributed by atoms with van der Waals surface area (Å²) in [7, 11) is 0. The van der Waals surface area contributed by atoms with E-state index in [1.165, 1.54) is 0 Å². The van der Waals surface area contributed by atoms with Crippen LogP contribution in [0.4, 0.5) is 0 Å². The fourth-order valence-electron chi connectivity index (χ4n) is 1.68. The topological polar surface area (TPSA) is 51.6 Å². The second-order valence-corrected chi connectivity index (χ2v) is 5.30. The summed E-state index contributed by atoms with van der Waals surface area (Å²) in [6.07, 6.45) is 2.58. The third-order valence-electron chi connectivity index (χ3n) is 2.85. The Bertz CT molecular complexity index is 509. The Morgan fingerprint density at radius 2 is 2.18 bits per heavy atom. The second kappa shape index (κ2) is 4.22. The van der Waals surface area contributed by atoms with E-state index in [1.54, 1.807) is 20.0 Å². The van der Waals surface area contributed by atoms with Gasteiger partial charge in [0.25, 0.3) is 0 Å². The number of aromatic nitrogens is 1. The molecule has 0 atom stereocenters. The molecule has 0 bridgehead atoms. The van der Waals surface area contributed by atoms with Crippen LogP contribution in [0.25, 0.3) is 0 Å². The summed E-state index contributed by atoms with van der Waals surface area (Å²) in [5.74, 6) is -0.330. The van der Waals surface area contributed by atoms with E-state index in [1.807, 2.05) is 13.0 Å². The van der Waals surface area contributed by atoms with Gasteiger partial charge in [0, 0.05) is 16.2 Å². The summed E-state index contributed by atoms with van der Waals surface area (Å²) < 4.78 is 0.926. The van der Waals surface area contributed by atoms with Crippen molar-refractivity contribution in [3.8, 4) is 0 Å². The zero-order valence-corrected chi connectivity index (χ0v) is 11.5. The number of nitrogens with zero attached hydrogens (tertiary/aromatic N) is 2. The fraction of sp³-hybridized carbons (Fsp3) is 0.417. The number of hydrogen-bond acceptors (Lipinski definition) is 4. The summed E-state index contributed by atoms with van der Waals surface area (Å²) in [5, 5.41) is 3.84. The average Bonchev–Trinajstić information content (AvgIpc) is 2.54. The quantitative estimate of drug-likeness (QED) is 0.789. The number of oxime groups is 1. The van der Waals surface area contributed by atoms with E-state index in [4.69, 9.17) is 4.84 Å². The molecule has 1 aliphatic heterocycles. The molecule has 0 saturated heterocycles. The number of hydrogen-bond donors (Lipinski definition) is 0. The molecule has 0 aliphatic carbocycles. The van der Waals surface area contributed by atoms with E-state index >= 15 is 0 Å². The lowest BCUT2D eigenvalue weighted by Crippen LogP contribution is -2.29. The van der Waals surface area contributed by atoms with Gasteiger partial charge in [-0.3, -0.25) is 4.98 Å². The molecule has 0 saturated carbocycles. The number of pyridine rings is 1. The molecule has 1 aromatic rings. The Morgan fingerprint density at radius 3 is 2.65 bits per heavy atom. The molecular formula is C12H13BrN2O2. The third-order valence-corrected chi connectivity index (χ3v) is 3.53. The van der Waals surface area contributed by atoms with E-state index in [0.29, 0.717) is 5.71 Å². The first-order chi connectivity index (χ1) is 7.96. The van der Waals surface area contributed by atoms with Crippen molar-refractivity contribution in [2.75, 3.05) is 0 Å². The summed E-state index contributed by atoms with van der Waals surface area (Å²) in [6.45, 7) is 5.63. The van der Waals surface area contributed by atoms with E-state index in [2.05, 4.69) is 26.1 Å². The summed E-state index contributed by atoms with van der Waals surface area (Å²) in [4.78, 5) is 20.6. The minimum Gasteiger partial charge on any atom is -0.317 e. The van der Waals surface area contributed by atoms with Crippen LogP contribution in [0.1, 0.15) is 32.0 Å². The monoisotopic (exact) mass is 296 g/mol. The third kappa shape index (κ3) is 1.99. The predicted octanol–water partition coefficient (Wildman–Crippen LogP) is 2.69. The first-order valence-corrected chi connectivity index (χ1v) is 6.20. The van der Waals surface area contributed by atoms with E-state index in [0.717, 1.165) is 22.2 Å². The molecule has 0 aromatic carbocycles. The van der Waals surface area contributed by atoms with Gasteiger partial charge >= 0.3 is 5.97 Å². The van der Waals surface area contributed by atoms with Crippen molar-refractivity contribution in [1.29, 1.82) is 0 Å². The summed E-state index contributed by atoms with van der Waals surface area (Å²) >= 11 is 3.46. The predicted molar refractivity (Wildman–Crippen MR) is 67.7 cm³/mol. The molecule has 0 fully saturated rings. The highest BCUT2D eigenvalue weighted by atomic mass is 79.9. The summed E-state index contributed by atoms with van der Waals surface area (Å²) in [5.41, 5.74) is 1.70. The van der Waals surface area contributed by atoms with Crippen molar-refractivity contribution in [2.45, 2.75) is 27.2 Å². The van der Waals surface area contributed by atoms with Crippen LogP contribution in [-0.4, -0.2) is 16.7 Å². The molecule has 1 aromatic heterocycles. The lowest BCUT2D eigenvalue weighted by atomic mass is 9.85. The number of carbonyl (C=O) groups excluding carboxylic acids is 1. The number of rotatable bonds is 2. The SMILES string of the molecule is CCc1ncc(C2=NOC(=O)C2(C)C)cc1Br. The van der Waals surface area contributed by atoms with Crippen LogP contribution in [0.15, 0.2) is 21.9 Å². The average molecular weight is 297 g/mol. The number of halogens is 1. The molecule has 1 aliphatic rings. The van der Waals surface area contributed by atoms with Crippen molar-refractivity contribution in [1.82, 2.24) is 4.98 Å². The maximum atomic E-state index is 11.5. The van der Waals surface area contributed by atoms with Gasteiger partial charge in [0.05, 0.1) is 5.69 Å². The lowest BCUT2D eigenvalue weighted by Gasteiger charge is -2.15. The maximum absolute atomic E-state index is 11.5. The van der Waals surface area contributed by atoms with Crippen molar-refractivity contribution in [3.63, 3.8) is 0 Å². The van der Waals surface area contributed by atoms with Crippen LogP contribution in [0, 0.1) is 5.41 Å². The van der Waals surface area contributed by atoms with E-state index < -0.39 is 5.41 Å². The summed E-state index contributed by atoms with van der Waals surface area (Å²) in [6, 6.07) is 1.92. The molecule has 0 spiro atoms.